The zero-order valence-corrected chi connectivity index (χ0v) is 9.17. The molecule has 0 amide bonds. The van der Waals surface area contributed by atoms with Crippen LogP contribution in [0.1, 0.15) is 19.8 Å². The van der Waals surface area contributed by atoms with Gasteiger partial charge in [0.05, 0.1) is 0 Å². The van der Waals surface area contributed by atoms with Crippen molar-refractivity contribution in [2.45, 2.75) is 26.3 Å². The van der Waals surface area contributed by atoms with Gasteiger partial charge in [0, 0.05) is 17.2 Å². The van der Waals surface area contributed by atoms with Crippen LogP contribution in [0.15, 0.2) is 21.5 Å². The number of hydrogen-bond acceptors (Lipinski definition) is 2. The summed E-state index contributed by atoms with van der Waals surface area (Å²) in [4.78, 5) is 11.5. The smallest absolute Gasteiger partial charge is 0.274 e. The van der Waals surface area contributed by atoms with Crippen molar-refractivity contribution < 1.29 is 0 Å². The highest BCUT2D eigenvalue weighted by Crippen LogP contribution is 2.13. The summed E-state index contributed by atoms with van der Waals surface area (Å²) in [6.45, 7) is 2.83. The molecule has 0 aliphatic carbocycles. The minimum absolute atomic E-state index is 0.108. The van der Waals surface area contributed by atoms with Crippen molar-refractivity contribution in [1.29, 1.82) is 0 Å². The van der Waals surface area contributed by atoms with E-state index in [9.17, 15) is 4.79 Å². The Bertz CT molecular complexity index is 346. The first-order valence-corrected chi connectivity index (χ1v) is 5.10. The SMILES string of the molecule is CCCCn1ccc(Br)c(N)c1=O. The Kier molecular flexibility index (Phi) is 3.54. The summed E-state index contributed by atoms with van der Waals surface area (Å²) in [7, 11) is 0. The Morgan fingerprint density at radius 2 is 2.31 bits per heavy atom. The summed E-state index contributed by atoms with van der Waals surface area (Å²) in [5.74, 6) is 0. The van der Waals surface area contributed by atoms with E-state index in [0.29, 0.717) is 10.2 Å². The number of halogens is 1. The van der Waals surface area contributed by atoms with Crippen molar-refractivity contribution in [3.8, 4) is 0 Å². The number of nitrogen functional groups attached to an aromatic ring is 1. The van der Waals surface area contributed by atoms with Crippen molar-refractivity contribution in [2.24, 2.45) is 0 Å². The Hall–Kier alpha value is -0.770. The van der Waals surface area contributed by atoms with E-state index in [1.54, 1.807) is 16.8 Å². The number of rotatable bonds is 3. The average Bonchev–Trinajstić information content (AvgIpc) is 2.13. The van der Waals surface area contributed by atoms with E-state index in [1.807, 2.05) is 0 Å². The summed E-state index contributed by atoms with van der Waals surface area (Å²) in [5, 5.41) is 0. The molecule has 0 radical (unpaired) electrons. The second-order valence-electron chi connectivity index (χ2n) is 2.93. The molecule has 0 fully saturated rings. The normalized spacial score (nSPS) is 10.3. The molecule has 1 rings (SSSR count). The van der Waals surface area contributed by atoms with Crippen LogP contribution in [0.5, 0.6) is 0 Å². The van der Waals surface area contributed by atoms with Crippen LogP contribution in [0.2, 0.25) is 0 Å². The van der Waals surface area contributed by atoms with E-state index >= 15 is 0 Å². The predicted octanol–water partition coefficient (Wildman–Crippen LogP) is 1.99. The minimum Gasteiger partial charge on any atom is -0.393 e. The number of hydrogen-bond donors (Lipinski definition) is 1. The molecule has 0 aliphatic heterocycles. The molecule has 2 N–H and O–H groups in total. The molecule has 72 valence electrons. The summed E-state index contributed by atoms with van der Waals surface area (Å²) in [6.07, 6.45) is 3.84. The van der Waals surface area contributed by atoms with E-state index in [-0.39, 0.29) is 5.56 Å². The van der Waals surface area contributed by atoms with Crippen molar-refractivity contribution >= 4 is 21.6 Å². The van der Waals surface area contributed by atoms with Gasteiger partial charge in [-0.2, -0.15) is 0 Å². The highest BCUT2D eigenvalue weighted by Gasteiger charge is 2.02. The second-order valence-corrected chi connectivity index (χ2v) is 3.78. The van der Waals surface area contributed by atoms with E-state index in [2.05, 4.69) is 22.9 Å². The summed E-state index contributed by atoms with van der Waals surface area (Å²) < 4.78 is 2.31. The highest BCUT2D eigenvalue weighted by molar-refractivity contribution is 9.10. The molecule has 1 aromatic rings. The molecule has 1 aromatic heterocycles. The molecule has 0 saturated heterocycles. The number of aromatic nitrogens is 1. The molecule has 4 heteroatoms. The Labute approximate surface area is 85.7 Å². The first-order valence-electron chi connectivity index (χ1n) is 4.31. The molecule has 0 aliphatic rings. The van der Waals surface area contributed by atoms with Gasteiger partial charge in [-0.25, -0.2) is 0 Å². The van der Waals surface area contributed by atoms with Crippen LogP contribution in [0.4, 0.5) is 5.69 Å². The number of nitrogens with two attached hydrogens (primary N) is 1. The molecular weight excluding hydrogens is 232 g/mol. The van der Waals surface area contributed by atoms with E-state index in [1.165, 1.54) is 0 Å². The predicted molar refractivity (Wildman–Crippen MR) is 57.7 cm³/mol. The number of pyridine rings is 1. The summed E-state index contributed by atoms with van der Waals surface area (Å²) in [6, 6.07) is 1.80. The molecule has 1 heterocycles. The quantitative estimate of drug-likeness (QED) is 0.885. The van der Waals surface area contributed by atoms with Gasteiger partial charge in [0.25, 0.3) is 5.56 Å². The molecule has 13 heavy (non-hydrogen) atoms. The van der Waals surface area contributed by atoms with Gasteiger partial charge >= 0.3 is 0 Å². The Morgan fingerprint density at radius 1 is 1.62 bits per heavy atom. The van der Waals surface area contributed by atoms with Gasteiger partial charge in [-0.3, -0.25) is 4.79 Å². The zero-order valence-electron chi connectivity index (χ0n) is 7.59. The van der Waals surface area contributed by atoms with Crippen molar-refractivity contribution in [1.82, 2.24) is 4.57 Å². The highest BCUT2D eigenvalue weighted by atomic mass is 79.9. The van der Waals surface area contributed by atoms with Crippen molar-refractivity contribution in [3.63, 3.8) is 0 Å². The maximum atomic E-state index is 11.5. The Morgan fingerprint density at radius 3 is 2.92 bits per heavy atom. The number of aryl methyl sites for hydroxylation is 1. The monoisotopic (exact) mass is 244 g/mol. The number of anilines is 1. The van der Waals surface area contributed by atoms with E-state index < -0.39 is 0 Å². The van der Waals surface area contributed by atoms with Gasteiger partial charge in [-0.05, 0) is 28.4 Å². The average molecular weight is 245 g/mol. The van der Waals surface area contributed by atoms with Gasteiger partial charge in [0.2, 0.25) is 0 Å². The molecular formula is C9H13BrN2O. The topological polar surface area (TPSA) is 48.0 Å². The first-order chi connectivity index (χ1) is 6.16. The lowest BCUT2D eigenvalue weighted by molar-refractivity contribution is 0.614. The second kappa shape index (κ2) is 4.46. The van der Waals surface area contributed by atoms with Crippen LogP contribution in [-0.2, 0) is 6.54 Å². The third-order valence-corrected chi connectivity index (χ3v) is 2.59. The minimum atomic E-state index is -0.108. The fourth-order valence-electron chi connectivity index (χ4n) is 1.07. The van der Waals surface area contributed by atoms with Crippen molar-refractivity contribution in [3.05, 3.63) is 27.1 Å². The van der Waals surface area contributed by atoms with Crippen LogP contribution in [0.3, 0.4) is 0 Å². The number of unbranched alkanes of at least 4 members (excludes halogenated alkanes) is 1. The van der Waals surface area contributed by atoms with Crippen LogP contribution in [0.25, 0.3) is 0 Å². The fraction of sp³-hybridized carbons (Fsp3) is 0.444. The molecule has 0 atom stereocenters. The van der Waals surface area contributed by atoms with E-state index in [4.69, 9.17) is 5.73 Å². The van der Waals surface area contributed by atoms with Gasteiger partial charge in [0.15, 0.2) is 0 Å². The first kappa shape index (κ1) is 10.3. The molecule has 0 saturated carbocycles. The van der Waals surface area contributed by atoms with Gasteiger partial charge in [-0.1, -0.05) is 13.3 Å². The molecule has 0 unspecified atom stereocenters. The molecule has 0 aromatic carbocycles. The standard InChI is InChI=1S/C9H13BrN2O/c1-2-3-5-12-6-4-7(10)8(11)9(12)13/h4,6H,2-3,5,11H2,1H3. The summed E-state index contributed by atoms with van der Waals surface area (Å²) >= 11 is 3.21. The lowest BCUT2D eigenvalue weighted by Crippen LogP contribution is -2.22. The van der Waals surface area contributed by atoms with Crippen LogP contribution >= 0.6 is 15.9 Å². The lowest BCUT2D eigenvalue weighted by Gasteiger charge is -2.05. The van der Waals surface area contributed by atoms with Gasteiger partial charge in [0.1, 0.15) is 5.69 Å². The fourth-order valence-corrected chi connectivity index (χ4v) is 1.36. The maximum Gasteiger partial charge on any atom is 0.274 e. The zero-order chi connectivity index (χ0) is 9.84. The van der Waals surface area contributed by atoms with Crippen molar-refractivity contribution in [2.75, 3.05) is 5.73 Å². The molecule has 0 bridgehead atoms. The van der Waals surface area contributed by atoms with Crippen LogP contribution < -0.4 is 11.3 Å². The van der Waals surface area contributed by atoms with Crippen LogP contribution in [0, 0.1) is 0 Å². The summed E-state index contributed by atoms with van der Waals surface area (Å²) in [5.41, 5.74) is 5.76. The molecule has 3 nitrogen and oxygen atoms in total. The van der Waals surface area contributed by atoms with E-state index in [0.717, 1.165) is 19.4 Å². The largest absolute Gasteiger partial charge is 0.393 e. The Balaban J connectivity index is 2.97. The van der Waals surface area contributed by atoms with Gasteiger partial charge in [-0.15, -0.1) is 0 Å². The van der Waals surface area contributed by atoms with Crippen LogP contribution in [-0.4, -0.2) is 4.57 Å². The molecule has 0 spiro atoms. The number of nitrogens with zero attached hydrogens (tertiary/aromatic N) is 1. The lowest BCUT2D eigenvalue weighted by atomic mass is 10.3. The maximum absolute atomic E-state index is 11.5. The third kappa shape index (κ3) is 2.34. The third-order valence-electron chi connectivity index (χ3n) is 1.90. The van der Waals surface area contributed by atoms with Gasteiger partial charge < -0.3 is 10.3 Å².